The number of benzene rings is 1. The molecule has 1 aromatic rings. The normalized spacial score (nSPS) is 21.7. The van der Waals surface area contributed by atoms with Gasteiger partial charge in [-0.05, 0) is 43.0 Å². The minimum Gasteiger partial charge on any atom is -0.354 e. The van der Waals surface area contributed by atoms with Crippen molar-refractivity contribution < 1.29 is 9.59 Å². The molecule has 1 aliphatic carbocycles. The molecule has 1 aromatic carbocycles. The minimum atomic E-state index is -0.311. The highest BCUT2D eigenvalue weighted by molar-refractivity contribution is 6.30. The number of halogens is 2. The second-order valence-corrected chi connectivity index (χ2v) is 6.56. The molecule has 2 fully saturated rings. The van der Waals surface area contributed by atoms with Gasteiger partial charge in [-0.2, -0.15) is 0 Å². The Hall–Kier alpha value is -1.30. The lowest BCUT2D eigenvalue weighted by Gasteiger charge is -2.17. The van der Waals surface area contributed by atoms with Crippen LogP contribution in [0.3, 0.4) is 0 Å². The summed E-state index contributed by atoms with van der Waals surface area (Å²) < 4.78 is 0. The molecule has 126 valence electrons. The first-order chi connectivity index (χ1) is 10.5. The van der Waals surface area contributed by atoms with Crippen LogP contribution in [0.15, 0.2) is 24.3 Å². The van der Waals surface area contributed by atoms with Gasteiger partial charge in [0, 0.05) is 36.3 Å². The van der Waals surface area contributed by atoms with Crippen molar-refractivity contribution in [2.24, 2.45) is 17.6 Å². The molecule has 1 aliphatic heterocycles. The minimum absolute atomic E-state index is 0. The van der Waals surface area contributed by atoms with E-state index in [0.717, 1.165) is 18.5 Å². The zero-order valence-corrected chi connectivity index (χ0v) is 14.3. The largest absolute Gasteiger partial charge is 0.354 e. The summed E-state index contributed by atoms with van der Waals surface area (Å²) in [7, 11) is 0. The molecule has 7 heteroatoms. The van der Waals surface area contributed by atoms with Gasteiger partial charge in [-0.25, -0.2) is 0 Å². The highest BCUT2D eigenvalue weighted by Gasteiger charge is 2.36. The van der Waals surface area contributed by atoms with Gasteiger partial charge < -0.3 is 16.0 Å². The Morgan fingerprint density at radius 1 is 1.35 bits per heavy atom. The molecule has 2 aliphatic rings. The van der Waals surface area contributed by atoms with Gasteiger partial charge in [0.05, 0.1) is 5.92 Å². The fourth-order valence-electron chi connectivity index (χ4n) is 2.81. The molecule has 0 bridgehead atoms. The third kappa shape index (κ3) is 4.37. The number of carbonyl (C=O) groups is 2. The van der Waals surface area contributed by atoms with Gasteiger partial charge in [-0.15, -0.1) is 12.4 Å². The third-order valence-electron chi connectivity index (χ3n) is 4.37. The van der Waals surface area contributed by atoms with E-state index in [0.29, 0.717) is 24.0 Å². The molecule has 2 atom stereocenters. The molecule has 0 aromatic heterocycles. The van der Waals surface area contributed by atoms with Crippen LogP contribution in [0.4, 0.5) is 5.69 Å². The first kappa shape index (κ1) is 18.0. The average molecular weight is 358 g/mol. The highest BCUT2D eigenvalue weighted by Crippen LogP contribution is 2.31. The third-order valence-corrected chi connectivity index (χ3v) is 4.63. The van der Waals surface area contributed by atoms with Gasteiger partial charge in [0.25, 0.3) is 0 Å². The molecule has 2 amide bonds. The molecular formula is C16H21Cl2N3O2. The van der Waals surface area contributed by atoms with E-state index < -0.39 is 0 Å². The smallest absolute Gasteiger partial charge is 0.227 e. The van der Waals surface area contributed by atoms with Crippen molar-refractivity contribution in [3.63, 3.8) is 0 Å². The number of hydrogen-bond donors (Lipinski definition) is 2. The predicted molar refractivity (Wildman–Crippen MR) is 92.9 cm³/mol. The van der Waals surface area contributed by atoms with E-state index in [4.69, 9.17) is 17.3 Å². The molecule has 5 nitrogen and oxygen atoms in total. The van der Waals surface area contributed by atoms with E-state index in [2.05, 4.69) is 5.32 Å². The fraction of sp³-hybridized carbons (Fsp3) is 0.500. The summed E-state index contributed by atoms with van der Waals surface area (Å²) in [6.45, 7) is 0.903. The standard InChI is InChI=1S/C16H20ClN3O2.ClH/c17-12-3-5-13(6-4-12)20-9-11(7-15(20)21)16(22)19-8-14(18)10-1-2-10;/h3-6,10-11,14H,1-2,7-9,18H2,(H,19,22);1H. The van der Waals surface area contributed by atoms with Crippen molar-refractivity contribution in [1.82, 2.24) is 5.32 Å². The van der Waals surface area contributed by atoms with E-state index in [1.165, 1.54) is 0 Å². The maximum atomic E-state index is 12.2. The van der Waals surface area contributed by atoms with Crippen LogP contribution >= 0.6 is 24.0 Å². The van der Waals surface area contributed by atoms with E-state index >= 15 is 0 Å². The maximum absolute atomic E-state index is 12.2. The Kier molecular flexibility index (Phi) is 5.89. The molecule has 3 N–H and O–H groups in total. The summed E-state index contributed by atoms with van der Waals surface area (Å²) >= 11 is 5.86. The number of nitrogens with two attached hydrogens (primary N) is 1. The summed E-state index contributed by atoms with van der Waals surface area (Å²) in [6.07, 6.45) is 2.56. The van der Waals surface area contributed by atoms with Gasteiger partial charge in [-0.3, -0.25) is 9.59 Å². The van der Waals surface area contributed by atoms with Gasteiger partial charge in [0.2, 0.25) is 11.8 Å². The van der Waals surface area contributed by atoms with Crippen LogP contribution in [0.2, 0.25) is 5.02 Å². The molecule has 3 rings (SSSR count). The maximum Gasteiger partial charge on any atom is 0.227 e. The number of anilines is 1. The van der Waals surface area contributed by atoms with Crippen molar-refractivity contribution >= 4 is 41.5 Å². The van der Waals surface area contributed by atoms with Gasteiger partial charge in [-0.1, -0.05) is 11.6 Å². The van der Waals surface area contributed by atoms with Crippen molar-refractivity contribution in [2.75, 3.05) is 18.0 Å². The molecule has 1 saturated carbocycles. The average Bonchev–Trinajstić information content (AvgIpc) is 3.28. The summed E-state index contributed by atoms with van der Waals surface area (Å²) in [5.74, 6) is 0.125. The molecule has 2 unspecified atom stereocenters. The molecule has 23 heavy (non-hydrogen) atoms. The summed E-state index contributed by atoms with van der Waals surface area (Å²) in [4.78, 5) is 26.0. The van der Waals surface area contributed by atoms with E-state index in [9.17, 15) is 9.59 Å². The fourth-order valence-corrected chi connectivity index (χ4v) is 2.93. The SMILES string of the molecule is Cl.NC(CNC(=O)C1CC(=O)N(c2ccc(Cl)cc2)C1)C1CC1. The number of nitrogens with one attached hydrogen (secondary N) is 1. The molecule has 0 spiro atoms. The van der Waals surface area contributed by atoms with Gasteiger partial charge in [0.1, 0.15) is 0 Å². The number of rotatable bonds is 5. The summed E-state index contributed by atoms with van der Waals surface area (Å²) in [5, 5.41) is 3.51. The van der Waals surface area contributed by atoms with E-state index in [1.54, 1.807) is 29.2 Å². The Bertz CT molecular complexity index is 575. The Labute approximate surface area is 146 Å². The first-order valence-electron chi connectivity index (χ1n) is 7.64. The molecule has 0 radical (unpaired) electrons. The van der Waals surface area contributed by atoms with Crippen molar-refractivity contribution in [1.29, 1.82) is 0 Å². The van der Waals surface area contributed by atoms with E-state index in [1.807, 2.05) is 0 Å². The number of amides is 2. The van der Waals surface area contributed by atoms with Crippen LogP contribution in [-0.4, -0.2) is 30.9 Å². The Morgan fingerprint density at radius 3 is 2.61 bits per heavy atom. The summed E-state index contributed by atoms with van der Waals surface area (Å²) in [6, 6.07) is 7.11. The monoisotopic (exact) mass is 357 g/mol. The zero-order chi connectivity index (χ0) is 15.7. The zero-order valence-electron chi connectivity index (χ0n) is 12.7. The first-order valence-corrected chi connectivity index (χ1v) is 8.01. The molecular weight excluding hydrogens is 337 g/mol. The van der Waals surface area contributed by atoms with Crippen molar-refractivity contribution in [3.05, 3.63) is 29.3 Å². The lowest BCUT2D eigenvalue weighted by molar-refractivity contribution is -0.126. The summed E-state index contributed by atoms with van der Waals surface area (Å²) in [5.41, 5.74) is 6.76. The van der Waals surface area contributed by atoms with Gasteiger partial charge in [0.15, 0.2) is 0 Å². The highest BCUT2D eigenvalue weighted by atomic mass is 35.5. The topological polar surface area (TPSA) is 75.4 Å². The van der Waals surface area contributed by atoms with Crippen molar-refractivity contribution in [2.45, 2.75) is 25.3 Å². The Morgan fingerprint density at radius 2 is 2.00 bits per heavy atom. The second kappa shape index (κ2) is 7.51. The quantitative estimate of drug-likeness (QED) is 0.845. The number of hydrogen-bond acceptors (Lipinski definition) is 3. The predicted octanol–water partition coefficient (Wildman–Crippen LogP) is 1.97. The Balaban J connectivity index is 0.00000192. The van der Waals surface area contributed by atoms with Crippen molar-refractivity contribution in [3.8, 4) is 0 Å². The molecule has 1 saturated heterocycles. The molecule has 1 heterocycles. The van der Waals surface area contributed by atoms with Crippen LogP contribution < -0.4 is 16.0 Å². The van der Waals surface area contributed by atoms with Crippen LogP contribution in [0.1, 0.15) is 19.3 Å². The van der Waals surface area contributed by atoms with E-state index in [-0.39, 0.29) is 42.6 Å². The van der Waals surface area contributed by atoms with Crippen LogP contribution in [-0.2, 0) is 9.59 Å². The number of nitrogens with zero attached hydrogens (tertiary/aromatic N) is 1. The van der Waals surface area contributed by atoms with Gasteiger partial charge >= 0.3 is 0 Å². The van der Waals surface area contributed by atoms with Crippen LogP contribution in [0.5, 0.6) is 0 Å². The van der Waals surface area contributed by atoms with Crippen LogP contribution in [0, 0.1) is 11.8 Å². The lowest BCUT2D eigenvalue weighted by Crippen LogP contribution is -2.41. The number of carbonyl (C=O) groups excluding carboxylic acids is 2. The second-order valence-electron chi connectivity index (χ2n) is 6.13. The van der Waals surface area contributed by atoms with Crippen LogP contribution in [0.25, 0.3) is 0 Å². The lowest BCUT2D eigenvalue weighted by atomic mass is 10.1.